The lowest BCUT2D eigenvalue weighted by atomic mass is 10.1. The van der Waals surface area contributed by atoms with Gasteiger partial charge in [-0.1, -0.05) is 48.5 Å². The predicted octanol–water partition coefficient (Wildman–Crippen LogP) is 3.69. The van der Waals surface area contributed by atoms with Gasteiger partial charge in [-0.3, -0.25) is 9.52 Å². The Morgan fingerprint density at radius 3 is 1.97 bits per heavy atom. The fourth-order valence-corrected chi connectivity index (χ4v) is 4.13. The van der Waals surface area contributed by atoms with E-state index in [1.165, 1.54) is 12.1 Å². The second-order valence-electron chi connectivity index (χ2n) is 7.51. The highest BCUT2D eigenvalue weighted by atomic mass is 32.2. The molecule has 0 spiro atoms. The molecule has 0 unspecified atom stereocenters. The molecule has 0 heterocycles. The van der Waals surface area contributed by atoms with Crippen LogP contribution in [0, 0.1) is 0 Å². The Balaban J connectivity index is 1.74. The van der Waals surface area contributed by atoms with Crippen LogP contribution in [0.3, 0.4) is 0 Å². The standard InChI is InChI=1S/C24H27N3O3S/c1-26(2)17-18-27(19-20-9-5-3-6-10-20)24(28)21-13-15-22(16-14-21)25-31(29,30)23-11-7-4-8-12-23/h3-16,25H,17-19H2,1-2H3. The van der Waals surface area contributed by atoms with Gasteiger partial charge in [0.15, 0.2) is 0 Å². The van der Waals surface area contributed by atoms with Crippen LogP contribution in [-0.2, 0) is 16.6 Å². The van der Waals surface area contributed by atoms with E-state index in [0.29, 0.717) is 24.3 Å². The molecule has 0 bridgehead atoms. The maximum Gasteiger partial charge on any atom is 0.261 e. The zero-order valence-electron chi connectivity index (χ0n) is 17.7. The van der Waals surface area contributed by atoms with Crippen LogP contribution in [0.4, 0.5) is 5.69 Å². The van der Waals surface area contributed by atoms with E-state index >= 15 is 0 Å². The lowest BCUT2D eigenvalue weighted by Crippen LogP contribution is -2.36. The quantitative estimate of drug-likeness (QED) is 0.554. The van der Waals surface area contributed by atoms with Gasteiger partial charge in [0, 0.05) is 30.9 Å². The summed E-state index contributed by atoms with van der Waals surface area (Å²) in [6, 6.07) is 24.6. The molecule has 3 rings (SSSR count). The number of anilines is 1. The first kappa shape index (κ1) is 22.5. The number of amides is 1. The third-order valence-electron chi connectivity index (χ3n) is 4.76. The normalized spacial score (nSPS) is 11.3. The number of carbonyl (C=O) groups excluding carboxylic acids is 1. The second kappa shape index (κ2) is 10.2. The topological polar surface area (TPSA) is 69.7 Å². The summed E-state index contributed by atoms with van der Waals surface area (Å²) in [5, 5.41) is 0. The average molecular weight is 438 g/mol. The molecule has 3 aromatic carbocycles. The number of carbonyl (C=O) groups is 1. The van der Waals surface area contributed by atoms with Gasteiger partial charge in [0.1, 0.15) is 0 Å². The Morgan fingerprint density at radius 2 is 1.39 bits per heavy atom. The molecule has 0 fully saturated rings. The Bertz CT molecular complexity index is 1080. The van der Waals surface area contributed by atoms with Crippen molar-refractivity contribution in [1.82, 2.24) is 9.80 Å². The molecule has 7 heteroatoms. The third-order valence-corrected chi connectivity index (χ3v) is 6.16. The lowest BCUT2D eigenvalue weighted by Gasteiger charge is -2.25. The summed E-state index contributed by atoms with van der Waals surface area (Å²) in [4.78, 5) is 17.2. The van der Waals surface area contributed by atoms with Gasteiger partial charge in [0.25, 0.3) is 15.9 Å². The van der Waals surface area contributed by atoms with Crippen molar-refractivity contribution in [1.29, 1.82) is 0 Å². The summed E-state index contributed by atoms with van der Waals surface area (Å²) in [7, 11) is 0.270. The number of nitrogens with zero attached hydrogens (tertiary/aromatic N) is 2. The molecule has 0 saturated heterocycles. The Morgan fingerprint density at radius 1 is 0.806 bits per heavy atom. The molecule has 6 nitrogen and oxygen atoms in total. The summed E-state index contributed by atoms with van der Waals surface area (Å²) in [6.07, 6.45) is 0. The zero-order chi connectivity index (χ0) is 22.3. The Kier molecular flexibility index (Phi) is 7.44. The molecule has 3 aromatic rings. The first-order chi connectivity index (χ1) is 14.8. The van der Waals surface area contributed by atoms with Crippen LogP contribution in [-0.4, -0.2) is 51.3 Å². The molecule has 0 aromatic heterocycles. The van der Waals surface area contributed by atoms with Crippen LogP contribution in [0.25, 0.3) is 0 Å². The summed E-state index contributed by atoms with van der Waals surface area (Å²) in [5.41, 5.74) is 1.97. The first-order valence-corrected chi connectivity index (χ1v) is 11.5. The summed E-state index contributed by atoms with van der Waals surface area (Å²) < 4.78 is 27.5. The van der Waals surface area contributed by atoms with E-state index in [1.807, 2.05) is 49.3 Å². The molecule has 1 amide bonds. The zero-order valence-corrected chi connectivity index (χ0v) is 18.5. The Labute approximate surface area is 184 Å². The minimum Gasteiger partial charge on any atom is -0.333 e. The van der Waals surface area contributed by atoms with Crippen LogP contribution in [0.15, 0.2) is 89.8 Å². The molecule has 0 aliphatic heterocycles. The minimum absolute atomic E-state index is 0.0943. The minimum atomic E-state index is -3.67. The van der Waals surface area contributed by atoms with Gasteiger partial charge in [-0.2, -0.15) is 0 Å². The maximum absolute atomic E-state index is 13.1. The van der Waals surface area contributed by atoms with Crippen molar-refractivity contribution in [2.24, 2.45) is 0 Å². The molecular formula is C24H27N3O3S. The number of hydrogen-bond donors (Lipinski definition) is 1. The van der Waals surface area contributed by atoms with Crippen LogP contribution in [0.1, 0.15) is 15.9 Å². The van der Waals surface area contributed by atoms with E-state index in [0.717, 1.165) is 12.1 Å². The molecular weight excluding hydrogens is 410 g/mol. The van der Waals surface area contributed by atoms with Crippen molar-refractivity contribution in [3.05, 3.63) is 96.1 Å². The number of benzene rings is 3. The molecule has 0 saturated carbocycles. The highest BCUT2D eigenvalue weighted by molar-refractivity contribution is 7.92. The van der Waals surface area contributed by atoms with Crippen molar-refractivity contribution < 1.29 is 13.2 Å². The lowest BCUT2D eigenvalue weighted by molar-refractivity contribution is 0.0732. The van der Waals surface area contributed by atoms with Gasteiger partial charge >= 0.3 is 0 Å². The van der Waals surface area contributed by atoms with Gasteiger partial charge in [-0.15, -0.1) is 0 Å². The number of likely N-dealkylation sites (N-methyl/N-ethyl adjacent to an activating group) is 1. The van der Waals surface area contributed by atoms with E-state index in [4.69, 9.17) is 0 Å². The van der Waals surface area contributed by atoms with E-state index in [1.54, 1.807) is 47.4 Å². The fourth-order valence-electron chi connectivity index (χ4n) is 3.05. The first-order valence-electron chi connectivity index (χ1n) is 10.0. The Hall–Kier alpha value is -3.16. The number of sulfonamides is 1. The van der Waals surface area contributed by atoms with Gasteiger partial charge in [-0.05, 0) is 56.1 Å². The van der Waals surface area contributed by atoms with E-state index in [9.17, 15) is 13.2 Å². The molecule has 1 N–H and O–H groups in total. The molecule has 0 aliphatic rings. The predicted molar refractivity (Wildman–Crippen MR) is 123 cm³/mol. The number of hydrogen-bond acceptors (Lipinski definition) is 4. The van der Waals surface area contributed by atoms with Crippen molar-refractivity contribution in [2.75, 3.05) is 31.9 Å². The fraction of sp³-hybridized carbons (Fsp3) is 0.208. The van der Waals surface area contributed by atoms with Crippen molar-refractivity contribution in [2.45, 2.75) is 11.4 Å². The maximum atomic E-state index is 13.1. The third kappa shape index (κ3) is 6.41. The van der Waals surface area contributed by atoms with Crippen molar-refractivity contribution in [3.8, 4) is 0 Å². The van der Waals surface area contributed by atoms with Crippen molar-refractivity contribution >= 4 is 21.6 Å². The molecule has 0 radical (unpaired) electrons. The van der Waals surface area contributed by atoms with Crippen LogP contribution < -0.4 is 4.72 Å². The van der Waals surface area contributed by atoms with Crippen LogP contribution in [0.5, 0.6) is 0 Å². The monoisotopic (exact) mass is 437 g/mol. The molecule has 31 heavy (non-hydrogen) atoms. The number of rotatable bonds is 9. The largest absolute Gasteiger partial charge is 0.333 e. The van der Waals surface area contributed by atoms with Gasteiger partial charge in [-0.25, -0.2) is 8.42 Å². The van der Waals surface area contributed by atoms with E-state index < -0.39 is 10.0 Å². The van der Waals surface area contributed by atoms with E-state index in [2.05, 4.69) is 4.72 Å². The van der Waals surface area contributed by atoms with Gasteiger partial charge < -0.3 is 9.80 Å². The van der Waals surface area contributed by atoms with Gasteiger partial charge in [0.2, 0.25) is 0 Å². The van der Waals surface area contributed by atoms with Crippen molar-refractivity contribution in [3.63, 3.8) is 0 Å². The molecule has 0 atom stereocenters. The number of nitrogens with one attached hydrogen (secondary N) is 1. The summed E-state index contributed by atoms with van der Waals surface area (Å²) in [6.45, 7) is 1.84. The van der Waals surface area contributed by atoms with Crippen LogP contribution >= 0.6 is 0 Å². The van der Waals surface area contributed by atoms with E-state index in [-0.39, 0.29) is 10.8 Å². The van der Waals surface area contributed by atoms with Gasteiger partial charge in [0.05, 0.1) is 4.90 Å². The molecule has 162 valence electrons. The van der Waals surface area contributed by atoms with Crippen LogP contribution in [0.2, 0.25) is 0 Å². The molecule has 0 aliphatic carbocycles. The average Bonchev–Trinajstić information content (AvgIpc) is 2.77. The highest BCUT2D eigenvalue weighted by Crippen LogP contribution is 2.18. The SMILES string of the molecule is CN(C)CCN(Cc1ccccc1)C(=O)c1ccc(NS(=O)(=O)c2ccccc2)cc1. The second-order valence-corrected chi connectivity index (χ2v) is 9.19. The summed E-state index contributed by atoms with van der Waals surface area (Å²) in [5.74, 6) is -0.0943. The summed E-state index contributed by atoms with van der Waals surface area (Å²) >= 11 is 0. The smallest absolute Gasteiger partial charge is 0.261 e. The highest BCUT2D eigenvalue weighted by Gasteiger charge is 2.18.